The zero-order valence-corrected chi connectivity index (χ0v) is 12.3. The van der Waals surface area contributed by atoms with Crippen molar-refractivity contribution in [2.24, 2.45) is 0 Å². The SMILES string of the molecule is CCCNCc1ccc(OC)cc1OC(C)C(C)O. The molecule has 2 unspecified atom stereocenters. The molecule has 0 aromatic heterocycles. The van der Waals surface area contributed by atoms with Crippen molar-refractivity contribution in [1.82, 2.24) is 5.32 Å². The maximum absolute atomic E-state index is 9.54. The number of methoxy groups -OCH3 is 1. The minimum atomic E-state index is -0.511. The van der Waals surface area contributed by atoms with Crippen molar-refractivity contribution in [3.8, 4) is 11.5 Å². The molecule has 4 heteroatoms. The summed E-state index contributed by atoms with van der Waals surface area (Å²) in [7, 11) is 1.63. The summed E-state index contributed by atoms with van der Waals surface area (Å²) in [4.78, 5) is 0. The van der Waals surface area contributed by atoms with Crippen molar-refractivity contribution in [2.75, 3.05) is 13.7 Å². The van der Waals surface area contributed by atoms with Gasteiger partial charge in [0.2, 0.25) is 0 Å². The van der Waals surface area contributed by atoms with Crippen LogP contribution in [-0.4, -0.2) is 31.0 Å². The van der Waals surface area contributed by atoms with Crippen LogP contribution in [0.25, 0.3) is 0 Å². The monoisotopic (exact) mass is 267 g/mol. The van der Waals surface area contributed by atoms with Gasteiger partial charge in [-0.1, -0.05) is 13.0 Å². The van der Waals surface area contributed by atoms with Gasteiger partial charge in [-0.3, -0.25) is 0 Å². The first kappa shape index (κ1) is 15.8. The van der Waals surface area contributed by atoms with E-state index in [4.69, 9.17) is 9.47 Å². The lowest BCUT2D eigenvalue weighted by Gasteiger charge is -2.20. The number of nitrogens with one attached hydrogen (secondary N) is 1. The van der Waals surface area contributed by atoms with Gasteiger partial charge >= 0.3 is 0 Å². The van der Waals surface area contributed by atoms with Crippen LogP contribution in [0.4, 0.5) is 0 Å². The van der Waals surface area contributed by atoms with Gasteiger partial charge in [0, 0.05) is 18.2 Å². The predicted molar refractivity (Wildman–Crippen MR) is 76.8 cm³/mol. The normalized spacial score (nSPS) is 13.9. The van der Waals surface area contributed by atoms with E-state index in [9.17, 15) is 5.11 Å². The lowest BCUT2D eigenvalue weighted by Crippen LogP contribution is -2.26. The Balaban J connectivity index is 2.82. The summed E-state index contributed by atoms with van der Waals surface area (Å²) in [6, 6.07) is 5.77. The summed E-state index contributed by atoms with van der Waals surface area (Å²) < 4.78 is 11.0. The van der Waals surface area contributed by atoms with Crippen molar-refractivity contribution in [3.63, 3.8) is 0 Å². The highest BCUT2D eigenvalue weighted by Gasteiger charge is 2.13. The van der Waals surface area contributed by atoms with Crippen molar-refractivity contribution < 1.29 is 14.6 Å². The van der Waals surface area contributed by atoms with Crippen LogP contribution in [0.2, 0.25) is 0 Å². The standard InChI is InChI=1S/C15H25NO3/c1-5-8-16-10-13-6-7-14(18-4)9-15(13)19-12(3)11(2)17/h6-7,9,11-12,16-17H,5,8,10H2,1-4H3. The zero-order chi connectivity index (χ0) is 14.3. The third-order valence-electron chi connectivity index (χ3n) is 3.01. The fourth-order valence-corrected chi connectivity index (χ4v) is 1.62. The van der Waals surface area contributed by atoms with Crippen molar-refractivity contribution in [3.05, 3.63) is 23.8 Å². The number of hydrogen-bond donors (Lipinski definition) is 2. The lowest BCUT2D eigenvalue weighted by atomic mass is 10.1. The summed E-state index contributed by atoms with van der Waals surface area (Å²) in [5.74, 6) is 1.52. The lowest BCUT2D eigenvalue weighted by molar-refractivity contribution is 0.0596. The van der Waals surface area contributed by atoms with Crippen LogP contribution in [0.5, 0.6) is 11.5 Å². The number of aliphatic hydroxyl groups is 1. The fourth-order valence-electron chi connectivity index (χ4n) is 1.62. The summed E-state index contributed by atoms with van der Waals surface area (Å²) in [6.07, 6.45) is 0.329. The first-order valence-electron chi connectivity index (χ1n) is 6.80. The van der Waals surface area contributed by atoms with Crippen LogP contribution < -0.4 is 14.8 Å². The van der Waals surface area contributed by atoms with E-state index in [1.54, 1.807) is 14.0 Å². The molecule has 0 bridgehead atoms. The third-order valence-corrected chi connectivity index (χ3v) is 3.01. The molecule has 0 amide bonds. The van der Waals surface area contributed by atoms with Gasteiger partial charge in [0.25, 0.3) is 0 Å². The van der Waals surface area contributed by atoms with Crippen LogP contribution in [0, 0.1) is 0 Å². The first-order valence-corrected chi connectivity index (χ1v) is 6.80. The summed E-state index contributed by atoms with van der Waals surface area (Å²) in [5, 5.41) is 12.9. The fraction of sp³-hybridized carbons (Fsp3) is 0.600. The van der Waals surface area contributed by atoms with Gasteiger partial charge in [0.15, 0.2) is 0 Å². The predicted octanol–water partition coefficient (Wildman–Crippen LogP) is 2.34. The van der Waals surface area contributed by atoms with Crippen LogP contribution >= 0.6 is 0 Å². The Kier molecular flexibility index (Phi) is 6.67. The highest BCUT2D eigenvalue weighted by molar-refractivity contribution is 5.40. The number of aliphatic hydroxyl groups excluding tert-OH is 1. The van der Waals surface area contributed by atoms with Crippen LogP contribution in [0.15, 0.2) is 18.2 Å². The van der Waals surface area contributed by atoms with E-state index >= 15 is 0 Å². The number of ether oxygens (including phenoxy) is 2. The average Bonchev–Trinajstić information content (AvgIpc) is 2.40. The van der Waals surface area contributed by atoms with Gasteiger partial charge in [-0.2, -0.15) is 0 Å². The smallest absolute Gasteiger partial charge is 0.128 e. The molecule has 0 saturated heterocycles. The molecule has 2 atom stereocenters. The van der Waals surface area contributed by atoms with E-state index in [1.165, 1.54) is 0 Å². The van der Waals surface area contributed by atoms with E-state index in [1.807, 2.05) is 25.1 Å². The third kappa shape index (κ3) is 5.09. The number of hydrogen-bond acceptors (Lipinski definition) is 4. The summed E-state index contributed by atoms with van der Waals surface area (Å²) in [6.45, 7) is 7.43. The van der Waals surface area contributed by atoms with Gasteiger partial charge in [-0.15, -0.1) is 0 Å². The Morgan fingerprint density at radius 1 is 1.32 bits per heavy atom. The molecule has 4 nitrogen and oxygen atoms in total. The molecule has 0 aliphatic heterocycles. The van der Waals surface area contributed by atoms with Gasteiger partial charge in [-0.05, 0) is 32.9 Å². The Bertz CT molecular complexity index is 380. The molecule has 0 fully saturated rings. The second-order valence-electron chi connectivity index (χ2n) is 4.71. The highest BCUT2D eigenvalue weighted by Crippen LogP contribution is 2.26. The summed E-state index contributed by atoms with van der Waals surface area (Å²) >= 11 is 0. The molecular weight excluding hydrogens is 242 g/mol. The van der Waals surface area contributed by atoms with Crippen molar-refractivity contribution in [1.29, 1.82) is 0 Å². The van der Waals surface area contributed by atoms with Crippen LogP contribution in [-0.2, 0) is 6.54 Å². The molecule has 1 aromatic carbocycles. The largest absolute Gasteiger partial charge is 0.497 e. The molecule has 0 heterocycles. The molecule has 19 heavy (non-hydrogen) atoms. The Hall–Kier alpha value is -1.26. The van der Waals surface area contributed by atoms with Gasteiger partial charge in [-0.25, -0.2) is 0 Å². The van der Waals surface area contributed by atoms with Gasteiger partial charge < -0.3 is 19.9 Å². The second-order valence-corrected chi connectivity index (χ2v) is 4.71. The van der Waals surface area contributed by atoms with Gasteiger partial charge in [0.05, 0.1) is 13.2 Å². The van der Waals surface area contributed by atoms with Crippen LogP contribution in [0.1, 0.15) is 32.8 Å². The average molecular weight is 267 g/mol. The Labute approximate surface area is 115 Å². The van der Waals surface area contributed by atoms with E-state index in [2.05, 4.69) is 12.2 Å². The Morgan fingerprint density at radius 2 is 2.05 bits per heavy atom. The molecule has 0 saturated carbocycles. The van der Waals surface area contributed by atoms with Crippen molar-refractivity contribution in [2.45, 2.75) is 45.9 Å². The second kappa shape index (κ2) is 8.02. The molecule has 0 aliphatic carbocycles. The van der Waals surface area contributed by atoms with E-state index < -0.39 is 6.10 Å². The Morgan fingerprint density at radius 3 is 2.63 bits per heavy atom. The molecule has 1 aromatic rings. The highest BCUT2D eigenvalue weighted by atomic mass is 16.5. The topological polar surface area (TPSA) is 50.7 Å². The zero-order valence-electron chi connectivity index (χ0n) is 12.3. The quantitative estimate of drug-likeness (QED) is 0.710. The van der Waals surface area contributed by atoms with Gasteiger partial charge in [0.1, 0.15) is 17.6 Å². The summed E-state index contributed by atoms with van der Waals surface area (Å²) in [5.41, 5.74) is 1.07. The number of rotatable bonds is 8. The molecular formula is C15H25NO3. The molecule has 0 spiro atoms. The molecule has 108 valence electrons. The van der Waals surface area contributed by atoms with Crippen LogP contribution in [0.3, 0.4) is 0 Å². The number of benzene rings is 1. The minimum absolute atomic E-state index is 0.253. The first-order chi connectivity index (χ1) is 9.08. The maximum Gasteiger partial charge on any atom is 0.128 e. The molecule has 2 N–H and O–H groups in total. The molecule has 0 aliphatic rings. The van der Waals surface area contributed by atoms with Crippen molar-refractivity contribution >= 4 is 0 Å². The van der Waals surface area contributed by atoms with E-state index in [-0.39, 0.29) is 6.10 Å². The van der Waals surface area contributed by atoms with E-state index in [0.29, 0.717) is 0 Å². The van der Waals surface area contributed by atoms with E-state index in [0.717, 1.165) is 36.6 Å². The molecule has 1 rings (SSSR count). The minimum Gasteiger partial charge on any atom is -0.497 e. The maximum atomic E-state index is 9.54. The molecule has 0 radical (unpaired) electrons.